The topological polar surface area (TPSA) is 54.3 Å². The Hall–Kier alpha value is -2.34. The van der Waals surface area contributed by atoms with E-state index in [-0.39, 0.29) is 10.9 Å². The number of amides is 1. The van der Waals surface area contributed by atoms with Gasteiger partial charge in [0, 0.05) is 16.3 Å². The first-order valence-electron chi connectivity index (χ1n) is 8.09. The van der Waals surface area contributed by atoms with Crippen molar-refractivity contribution in [2.75, 3.05) is 5.32 Å². The number of rotatable bonds is 3. The van der Waals surface area contributed by atoms with Gasteiger partial charge in [0.15, 0.2) is 10.9 Å². The zero-order valence-electron chi connectivity index (χ0n) is 14.6. The third-order valence-corrected chi connectivity index (χ3v) is 4.86. The van der Waals surface area contributed by atoms with E-state index in [4.69, 9.17) is 39.8 Å². The number of halogens is 2. The molecule has 0 unspecified atom stereocenters. The van der Waals surface area contributed by atoms with Gasteiger partial charge in [-0.25, -0.2) is 0 Å². The van der Waals surface area contributed by atoms with Gasteiger partial charge < -0.3 is 9.73 Å². The fraction of sp³-hybridized carbons (Fsp3) is 0.100. The summed E-state index contributed by atoms with van der Waals surface area (Å²) in [4.78, 5) is 12.4. The van der Waals surface area contributed by atoms with Crippen molar-refractivity contribution >= 4 is 52.1 Å². The van der Waals surface area contributed by atoms with Crippen molar-refractivity contribution in [1.29, 1.82) is 0 Å². The molecule has 2 aromatic carbocycles. The van der Waals surface area contributed by atoms with Gasteiger partial charge >= 0.3 is 0 Å². The Labute approximate surface area is 172 Å². The molecule has 2 N–H and O–H groups in total. The molecule has 27 heavy (non-hydrogen) atoms. The van der Waals surface area contributed by atoms with Gasteiger partial charge in [-0.1, -0.05) is 35.3 Å². The minimum Gasteiger partial charge on any atom is -0.451 e. The molecular weight excluding hydrogens is 403 g/mol. The highest BCUT2D eigenvalue weighted by Crippen LogP contribution is 2.31. The highest BCUT2D eigenvalue weighted by Gasteiger charge is 2.15. The van der Waals surface area contributed by atoms with Gasteiger partial charge in [-0.05, 0) is 73.6 Å². The van der Waals surface area contributed by atoms with Crippen LogP contribution in [0.3, 0.4) is 0 Å². The molecule has 0 aliphatic rings. The molecule has 1 aromatic heterocycles. The molecule has 138 valence electrons. The minimum atomic E-state index is -0.450. The summed E-state index contributed by atoms with van der Waals surface area (Å²) in [6.07, 6.45) is 0. The molecule has 0 saturated heterocycles. The van der Waals surface area contributed by atoms with E-state index in [2.05, 4.69) is 10.6 Å². The Morgan fingerprint density at radius 2 is 1.85 bits per heavy atom. The lowest BCUT2D eigenvalue weighted by molar-refractivity contribution is 0.0951. The first-order chi connectivity index (χ1) is 12.8. The van der Waals surface area contributed by atoms with E-state index in [1.54, 1.807) is 30.3 Å². The van der Waals surface area contributed by atoms with E-state index in [1.165, 1.54) is 0 Å². The Morgan fingerprint density at radius 1 is 1.07 bits per heavy atom. The second-order valence-electron chi connectivity index (χ2n) is 5.94. The van der Waals surface area contributed by atoms with E-state index in [0.29, 0.717) is 21.4 Å². The maximum Gasteiger partial charge on any atom is 0.293 e. The zero-order chi connectivity index (χ0) is 19.6. The lowest BCUT2D eigenvalue weighted by atomic mass is 10.1. The molecule has 0 bridgehead atoms. The predicted octanol–water partition coefficient (Wildman–Crippen LogP) is 6.00. The summed E-state index contributed by atoms with van der Waals surface area (Å²) in [6.45, 7) is 3.99. The molecule has 3 rings (SSSR count). The van der Waals surface area contributed by atoms with Crippen LogP contribution in [0.5, 0.6) is 0 Å². The van der Waals surface area contributed by atoms with Gasteiger partial charge in [0.05, 0.1) is 5.02 Å². The molecule has 0 spiro atoms. The Kier molecular flexibility index (Phi) is 5.85. The summed E-state index contributed by atoms with van der Waals surface area (Å²) in [5, 5.41) is 6.80. The molecule has 0 radical (unpaired) electrons. The van der Waals surface area contributed by atoms with Crippen molar-refractivity contribution in [3.05, 3.63) is 75.5 Å². The number of furan rings is 1. The molecule has 0 saturated carbocycles. The van der Waals surface area contributed by atoms with Gasteiger partial charge in [0.25, 0.3) is 5.91 Å². The average Bonchev–Trinajstić information content (AvgIpc) is 3.09. The number of thiocarbonyl (C=S) groups is 1. The van der Waals surface area contributed by atoms with E-state index < -0.39 is 5.91 Å². The van der Waals surface area contributed by atoms with Crippen molar-refractivity contribution < 1.29 is 9.21 Å². The quantitative estimate of drug-likeness (QED) is 0.512. The monoisotopic (exact) mass is 418 g/mol. The molecule has 3 aromatic rings. The molecule has 0 aliphatic heterocycles. The predicted molar refractivity (Wildman–Crippen MR) is 114 cm³/mol. The summed E-state index contributed by atoms with van der Waals surface area (Å²) in [5.74, 6) is 0.144. The first-order valence-corrected chi connectivity index (χ1v) is 9.25. The number of nitrogens with one attached hydrogen (secondary N) is 2. The number of benzene rings is 2. The summed E-state index contributed by atoms with van der Waals surface area (Å²) in [6, 6.07) is 14.1. The molecule has 1 amide bonds. The minimum absolute atomic E-state index is 0.126. The van der Waals surface area contributed by atoms with Crippen molar-refractivity contribution in [2.45, 2.75) is 13.8 Å². The number of carbonyl (C=O) groups excluding carboxylic acids is 1. The number of hydrogen-bond acceptors (Lipinski definition) is 3. The van der Waals surface area contributed by atoms with Crippen LogP contribution in [0.15, 0.2) is 52.9 Å². The van der Waals surface area contributed by atoms with E-state index in [1.807, 2.05) is 32.0 Å². The highest BCUT2D eigenvalue weighted by molar-refractivity contribution is 7.80. The Bertz CT molecular complexity index is 1030. The van der Waals surface area contributed by atoms with Gasteiger partial charge in [0.2, 0.25) is 0 Å². The van der Waals surface area contributed by atoms with Crippen LogP contribution in [0.1, 0.15) is 21.7 Å². The molecule has 0 aliphatic carbocycles. The van der Waals surface area contributed by atoms with Crippen LogP contribution in [0, 0.1) is 13.8 Å². The van der Waals surface area contributed by atoms with Gasteiger partial charge in [-0.3, -0.25) is 10.1 Å². The molecule has 7 heteroatoms. The lowest BCUT2D eigenvalue weighted by Gasteiger charge is -2.12. The lowest BCUT2D eigenvalue weighted by Crippen LogP contribution is -2.34. The zero-order valence-corrected chi connectivity index (χ0v) is 16.9. The number of hydrogen-bond donors (Lipinski definition) is 2. The first kappa shape index (κ1) is 19.4. The molecule has 1 heterocycles. The molecule has 0 atom stereocenters. The molecule has 4 nitrogen and oxygen atoms in total. The van der Waals surface area contributed by atoms with Crippen molar-refractivity contribution in [2.24, 2.45) is 0 Å². The second-order valence-corrected chi connectivity index (χ2v) is 7.20. The fourth-order valence-electron chi connectivity index (χ4n) is 2.50. The maximum absolute atomic E-state index is 12.4. The summed E-state index contributed by atoms with van der Waals surface area (Å²) < 4.78 is 5.62. The van der Waals surface area contributed by atoms with Crippen LogP contribution >= 0.6 is 35.4 Å². The SMILES string of the molecule is Cc1cccc(NC(=S)NC(=O)c2ccc(-c3ccc(Cl)cc3Cl)o2)c1C. The third kappa shape index (κ3) is 4.50. The average molecular weight is 419 g/mol. The third-order valence-electron chi connectivity index (χ3n) is 4.11. The Balaban J connectivity index is 1.70. The molecular formula is C20H16Cl2N2O2S. The van der Waals surface area contributed by atoms with Crippen LogP contribution in [0.4, 0.5) is 5.69 Å². The van der Waals surface area contributed by atoms with Crippen molar-refractivity contribution in [3.8, 4) is 11.3 Å². The van der Waals surface area contributed by atoms with Crippen molar-refractivity contribution in [3.63, 3.8) is 0 Å². The standard InChI is InChI=1S/C20H16Cl2N2O2S/c1-11-4-3-5-16(12(11)2)23-20(27)24-19(25)18-9-8-17(26-18)14-7-6-13(21)10-15(14)22/h3-10H,1-2H3,(H2,23,24,25,27). The van der Waals surface area contributed by atoms with Crippen LogP contribution in [0.2, 0.25) is 10.0 Å². The summed E-state index contributed by atoms with van der Waals surface area (Å²) in [5.41, 5.74) is 3.68. The van der Waals surface area contributed by atoms with Gasteiger partial charge in [-0.2, -0.15) is 0 Å². The Morgan fingerprint density at radius 3 is 2.59 bits per heavy atom. The number of carbonyl (C=O) groups is 1. The van der Waals surface area contributed by atoms with Gasteiger partial charge in [0.1, 0.15) is 5.76 Å². The van der Waals surface area contributed by atoms with Crippen LogP contribution in [-0.4, -0.2) is 11.0 Å². The fourth-order valence-corrected chi connectivity index (χ4v) is 3.20. The van der Waals surface area contributed by atoms with E-state index in [0.717, 1.165) is 16.8 Å². The highest BCUT2D eigenvalue weighted by atomic mass is 35.5. The normalized spacial score (nSPS) is 10.5. The maximum atomic E-state index is 12.4. The van der Waals surface area contributed by atoms with E-state index >= 15 is 0 Å². The van der Waals surface area contributed by atoms with Crippen LogP contribution in [-0.2, 0) is 0 Å². The number of aryl methyl sites for hydroxylation is 1. The summed E-state index contributed by atoms with van der Waals surface area (Å²) in [7, 11) is 0. The largest absolute Gasteiger partial charge is 0.451 e. The molecule has 0 fully saturated rings. The van der Waals surface area contributed by atoms with Crippen LogP contribution < -0.4 is 10.6 Å². The second kappa shape index (κ2) is 8.13. The summed E-state index contributed by atoms with van der Waals surface area (Å²) >= 11 is 17.3. The van der Waals surface area contributed by atoms with E-state index in [9.17, 15) is 4.79 Å². The van der Waals surface area contributed by atoms with Crippen molar-refractivity contribution in [1.82, 2.24) is 5.32 Å². The smallest absolute Gasteiger partial charge is 0.293 e. The van der Waals surface area contributed by atoms with Crippen LogP contribution in [0.25, 0.3) is 11.3 Å². The van der Waals surface area contributed by atoms with Gasteiger partial charge in [-0.15, -0.1) is 0 Å². The number of anilines is 1.